The second-order valence-electron chi connectivity index (χ2n) is 5.51. The Morgan fingerprint density at radius 3 is 2.38 bits per heavy atom. The first-order chi connectivity index (χ1) is 12.5. The second kappa shape index (κ2) is 7.63. The van der Waals surface area contributed by atoms with E-state index in [4.69, 9.17) is 11.5 Å². The first-order valence-corrected chi connectivity index (χ1v) is 9.77. The Bertz CT molecular complexity index is 965. The van der Waals surface area contributed by atoms with Crippen LogP contribution in [0, 0.1) is 0 Å². The summed E-state index contributed by atoms with van der Waals surface area (Å²) in [7, 11) is 0. The predicted molar refractivity (Wildman–Crippen MR) is 109 cm³/mol. The van der Waals surface area contributed by atoms with Crippen molar-refractivity contribution in [1.29, 1.82) is 0 Å². The first kappa shape index (κ1) is 18.0. The maximum absolute atomic E-state index is 12.5. The van der Waals surface area contributed by atoms with Gasteiger partial charge >= 0.3 is 0 Å². The Morgan fingerprint density at radius 1 is 1.04 bits per heavy atom. The normalized spacial score (nSPS) is 10.5. The lowest BCUT2D eigenvalue weighted by atomic mass is 10.1. The smallest absolute Gasteiger partial charge is 0.258 e. The van der Waals surface area contributed by atoms with Crippen LogP contribution >= 0.6 is 23.1 Å². The highest BCUT2D eigenvalue weighted by Crippen LogP contribution is 2.32. The van der Waals surface area contributed by atoms with Crippen LogP contribution in [0.4, 0.5) is 11.4 Å². The molecule has 0 bridgehead atoms. The van der Waals surface area contributed by atoms with Gasteiger partial charge in [-0.3, -0.25) is 9.59 Å². The number of nitrogen functional groups attached to an aromatic ring is 1. The zero-order chi connectivity index (χ0) is 18.7. The molecule has 0 spiro atoms. The summed E-state index contributed by atoms with van der Waals surface area (Å²) >= 11 is 2.91. The van der Waals surface area contributed by atoms with Gasteiger partial charge in [0, 0.05) is 15.3 Å². The molecule has 132 valence electrons. The summed E-state index contributed by atoms with van der Waals surface area (Å²) in [4.78, 5) is 26.2. The molecular formula is C19H17N3O2S2. The maximum Gasteiger partial charge on any atom is 0.258 e. The van der Waals surface area contributed by atoms with E-state index in [9.17, 15) is 9.59 Å². The van der Waals surface area contributed by atoms with Gasteiger partial charge in [-0.25, -0.2) is 0 Å². The fourth-order valence-corrected chi connectivity index (χ4v) is 3.64. The standard InChI is InChI=1S/C19H17N3O2S2/c1-25-13-5-2-11(3-6-13)19(24)22-15-10-12(4-7-14(15)20)16-8-9-17(26-16)18(21)23/h2-10H,20H2,1H3,(H2,21,23)(H,22,24). The number of hydrogen-bond donors (Lipinski definition) is 3. The topological polar surface area (TPSA) is 98.2 Å². The molecule has 5 nitrogen and oxygen atoms in total. The van der Waals surface area contributed by atoms with Crippen LogP contribution in [0.2, 0.25) is 0 Å². The molecule has 0 unspecified atom stereocenters. The number of rotatable bonds is 5. The number of nitrogens with two attached hydrogens (primary N) is 2. The molecule has 3 rings (SSSR count). The summed E-state index contributed by atoms with van der Waals surface area (Å²) in [5.74, 6) is -0.690. The van der Waals surface area contributed by atoms with Crippen LogP contribution in [0.3, 0.4) is 0 Å². The van der Waals surface area contributed by atoms with Crippen molar-refractivity contribution in [1.82, 2.24) is 0 Å². The van der Waals surface area contributed by atoms with Gasteiger partial charge in [0.15, 0.2) is 0 Å². The molecule has 0 aliphatic rings. The van der Waals surface area contributed by atoms with E-state index in [1.165, 1.54) is 11.3 Å². The van der Waals surface area contributed by atoms with Gasteiger partial charge in [-0.05, 0) is 60.4 Å². The van der Waals surface area contributed by atoms with Crippen molar-refractivity contribution in [2.75, 3.05) is 17.3 Å². The molecular weight excluding hydrogens is 366 g/mol. The summed E-state index contributed by atoms with van der Waals surface area (Å²) in [6.07, 6.45) is 1.98. The van der Waals surface area contributed by atoms with E-state index < -0.39 is 5.91 Å². The molecule has 0 saturated heterocycles. The fraction of sp³-hybridized carbons (Fsp3) is 0.0526. The molecule has 2 amide bonds. The van der Waals surface area contributed by atoms with Gasteiger partial charge in [0.1, 0.15) is 0 Å². The molecule has 0 aliphatic carbocycles. The van der Waals surface area contributed by atoms with E-state index in [0.717, 1.165) is 15.3 Å². The monoisotopic (exact) mass is 383 g/mol. The Hall–Kier alpha value is -2.77. The third-order valence-electron chi connectivity index (χ3n) is 3.79. The minimum Gasteiger partial charge on any atom is -0.397 e. The Morgan fingerprint density at radius 2 is 1.77 bits per heavy atom. The SMILES string of the molecule is CSc1ccc(C(=O)Nc2cc(-c3ccc(C(N)=O)s3)ccc2N)cc1. The summed E-state index contributed by atoms with van der Waals surface area (Å²) in [5, 5.41) is 2.85. The molecule has 0 fully saturated rings. The average molecular weight is 383 g/mol. The summed E-state index contributed by atoms with van der Waals surface area (Å²) in [5.41, 5.74) is 13.7. The molecule has 0 radical (unpaired) electrons. The minimum atomic E-state index is -0.459. The molecule has 0 atom stereocenters. The van der Waals surface area contributed by atoms with Gasteiger partial charge in [0.2, 0.25) is 0 Å². The number of anilines is 2. The highest BCUT2D eigenvalue weighted by atomic mass is 32.2. The van der Waals surface area contributed by atoms with Gasteiger partial charge in [-0.2, -0.15) is 0 Å². The highest BCUT2D eigenvalue weighted by Gasteiger charge is 2.12. The van der Waals surface area contributed by atoms with Crippen molar-refractivity contribution in [3.63, 3.8) is 0 Å². The molecule has 0 aliphatic heterocycles. The Kier molecular flexibility index (Phi) is 5.29. The van der Waals surface area contributed by atoms with Crippen LogP contribution < -0.4 is 16.8 Å². The average Bonchev–Trinajstić information content (AvgIpc) is 3.14. The number of amides is 2. The predicted octanol–water partition coefficient (Wildman–Crippen LogP) is 4.07. The van der Waals surface area contributed by atoms with E-state index in [2.05, 4.69) is 5.32 Å². The van der Waals surface area contributed by atoms with Gasteiger partial charge < -0.3 is 16.8 Å². The quantitative estimate of drug-likeness (QED) is 0.457. The van der Waals surface area contributed by atoms with E-state index in [1.54, 1.807) is 42.1 Å². The molecule has 2 aromatic carbocycles. The van der Waals surface area contributed by atoms with Gasteiger partial charge in [-0.15, -0.1) is 23.1 Å². The highest BCUT2D eigenvalue weighted by molar-refractivity contribution is 7.98. The van der Waals surface area contributed by atoms with Crippen molar-refractivity contribution in [3.8, 4) is 10.4 Å². The van der Waals surface area contributed by atoms with Crippen molar-refractivity contribution >= 4 is 46.3 Å². The summed E-state index contributed by atoms with van der Waals surface area (Å²) in [6, 6.07) is 16.2. The number of thioether (sulfide) groups is 1. The van der Waals surface area contributed by atoms with E-state index in [1.807, 2.05) is 30.5 Å². The number of benzene rings is 2. The largest absolute Gasteiger partial charge is 0.397 e. The zero-order valence-electron chi connectivity index (χ0n) is 14.0. The van der Waals surface area contributed by atoms with Crippen LogP contribution in [0.5, 0.6) is 0 Å². The molecule has 0 saturated carbocycles. The second-order valence-corrected chi connectivity index (χ2v) is 7.48. The minimum absolute atomic E-state index is 0.231. The van der Waals surface area contributed by atoms with Crippen LogP contribution in [-0.4, -0.2) is 18.1 Å². The molecule has 26 heavy (non-hydrogen) atoms. The molecule has 3 aromatic rings. The summed E-state index contributed by atoms with van der Waals surface area (Å²) in [6.45, 7) is 0. The van der Waals surface area contributed by atoms with Crippen molar-refractivity contribution in [3.05, 3.63) is 65.0 Å². The number of primary amides is 1. The third-order valence-corrected chi connectivity index (χ3v) is 5.68. The van der Waals surface area contributed by atoms with Crippen LogP contribution in [0.1, 0.15) is 20.0 Å². The lowest BCUT2D eigenvalue weighted by Crippen LogP contribution is -2.13. The number of thiophene rings is 1. The number of carbonyl (C=O) groups excluding carboxylic acids is 2. The van der Waals surface area contributed by atoms with E-state index >= 15 is 0 Å². The lowest BCUT2D eigenvalue weighted by molar-refractivity contribution is 0.100. The van der Waals surface area contributed by atoms with Gasteiger partial charge in [0.05, 0.1) is 16.3 Å². The van der Waals surface area contributed by atoms with Gasteiger partial charge in [-0.1, -0.05) is 6.07 Å². The van der Waals surface area contributed by atoms with Crippen molar-refractivity contribution < 1.29 is 9.59 Å². The van der Waals surface area contributed by atoms with E-state index in [-0.39, 0.29) is 5.91 Å². The van der Waals surface area contributed by atoms with Crippen LogP contribution in [-0.2, 0) is 0 Å². The Balaban J connectivity index is 1.84. The zero-order valence-corrected chi connectivity index (χ0v) is 15.6. The first-order valence-electron chi connectivity index (χ1n) is 7.73. The lowest BCUT2D eigenvalue weighted by Gasteiger charge is -2.10. The maximum atomic E-state index is 12.5. The van der Waals surface area contributed by atoms with Crippen LogP contribution in [0.25, 0.3) is 10.4 Å². The number of hydrogen-bond acceptors (Lipinski definition) is 5. The molecule has 5 N–H and O–H groups in total. The number of carbonyl (C=O) groups is 2. The Labute approximate surface area is 159 Å². The molecule has 7 heteroatoms. The van der Waals surface area contributed by atoms with Gasteiger partial charge in [0.25, 0.3) is 11.8 Å². The summed E-state index contributed by atoms with van der Waals surface area (Å²) < 4.78 is 0. The van der Waals surface area contributed by atoms with E-state index in [0.29, 0.717) is 21.8 Å². The van der Waals surface area contributed by atoms with Crippen molar-refractivity contribution in [2.45, 2.75) is 4.90 Å². The van der Waals surface area contributed by atoms with Crippen LogP contribution in [0.15, 0.2) is 59.5 Å². The molecule has 1 heterocycles. The number of nitrogens with one attached hydrogen (secondary N) is 1. The molecule has 1 aromatic heterocycles. The van der Waals surface area contributed by atoms with Crippen molar-refractivity contribution in [2.24, 2.45) is 5.73 Å². The third kappa shape index (κ3) is 3.89. The fourth-order valence-electron chi connectivity index (χ4n) is 2.38.